The van der Waals surface area contributed by atoms with Gasteiger partial charge in [0.15, 0.2) is 0 Å². The summed E-state index contributed by atoms with van der Waals surface area (Å²) >= 11 is 0. The topological polar surface area (TPSA) is 45.9 Å². The lowest BCUT2D eigenvalue weighted by Gasteiger charge is -2.08. The summed E-state index contributed by atoms with van der Waals surface area (Å²) in [5.41, 5.74) is 2.42. The lowest BCUT2D eigenvalue weighted by molar-refractivity contribution is 0.475. The Hall–Kier alpha value is -2.34. The first kappa shape index (κ1) is 11.2. The molecule has 1 aromatic carbocycles. The first-order valence-corrected chi connectivity index (χ1v) is 5.31. The van der Waals surface area contributed by atoms with Gasteiger partial charge in [-0.3, -0.25) is 4.98 Å². The summed E-state index contributed by atoms with van der Waals surface area (Å²) < 4.78 is 5.72. The third-order valence-corrected chi connectivity index (χ3v) is 2.50. The second-order valence-electron chi connectivity index (χ2n) is 3.78. The fraction of sp³-hybridized carbons (Fsp3) is 0.143. The first-order valence-electron chi connectivity index (χ1n) is 5.31. The van der Waals surface area contributed by atoms with Crippen LogP contribution in [0.5, 0.6) is 11.5 Å². The third kappa shape index (κ3) is 2.43. The number of ether oxygens (including phenoxy) is 1. The van der Waals surface area contributed by atoms with Crippen molar-refractivity contribution in [2.75, 3.05) is 0 Å². The second-order valence-corrected chi connectivity index (χ2v) is 3.78. The van der Waals surface area contributed by atoms with Crippen LogP contribution >= 0.6 is 0 Å². The maximum Gasteiger partial charge on any atom is 0.148 e. The Morgan fingerprint density at radius 1 is 1.24 bits per heavy atom. The monoisotopic (exact) mass is 224 g/mol. The standard InChI is InChI=1S/C14H12N2O/c1-10-8-13(6-5-12(10)9-15)17-14-4-3-7-16-11(14)2/h3-8H,1-2H3. The van der Waals surface area contributed by atoms with E-state index >= 15 is 0 Å². The molecule has 2 rings (SSSR count). The number of hydrogen-bond donors (Lipinski definition) is 0. The van der Waals surface area contributed by atoms with E-state index in [0.29, 0.717) is 5.56 Å². The molecule has 0 aliphatic rings. The number of nitriles is 1. The third-order valence-electron chi connectivity index (χ3n) is 2.50. The summed E-state index contributed by atoms with van der Waals surface area (Å²) in [7, 11) is 0. The average molecular weight is 224 g/mol. The van der Waals surface area contributed by atoms with Crippen molar-refractivity contribution >= 4 is 0 Å². The number of pyridine rings is 1. The minimum atomic E-state index is 0.667. The van der Waals surface area contributed by atoms with Gasteiger partial charge in [0.25, 0.3) is 0 Å². The van der Waals surface area contributed by atoms with Crippen LogP contribution in [0, 0.1) is 25.2 Å². The van der Waals surface area contributed by atoms with Gasteiger partial charge in [0.1, 0.15) is 11.5 Å². The van der Waals surface area contributed by atoms with Crippen LogP contribution in [-0.2, 0) is 0 Å². The van der Waals surface area contributed by atoms with Crippen LogP contribution in [0.1, 0.15) is 16.8 Å². The zero-order valence-corrected chi connectivity index (χ0v) is 9.77. The number of rotatable bonds is 2. The van der Waals surface area contributed by atoms with E-state index in [-0.39, 0.29) is 0 Å². The largest absolute Gasteiger partial charge is 0.455 e. The smallest absolute Gasteiger partial charge is 0.148 e. The van der Waals surface area contributed by atoms with E-state index in [1.165, 1.54) is 0 Å². The van der Waals surface area contributed by atoms with Gasteiger partial charge in [-0.25, -0.2) is 0 Å². The van der Waals surface area contributed by atoms with Crippen molar-refractivity contribution in [3.8, 4) is 17.6 Å². The number of aromatic nitrogens is 1. The molecule has 1 heterocycles. The molecule has 3 nitrogen and oxygen atoms in total. The van der Waals surface area contributed by atoms with Gasteiger partial charge in [0.05, 0.1) is 17.3 Å². The summed E-state index contributed by atoms with van der Waals surface area (Å²) in [4.78, 5) is 4.15. The molecular weight excluding hydrogens is 212 g/mol. The van der Waals surface area contributed by atoms with Crippen LogP contribution < -0.4 is 4.74 Å². The van der Waals surface area contributed by atoms with Gasteiger partial charge in [-0.05, 0) is 49.7 Å². The van der Waals surface area contributed by atoms with Crippen molar-refractivity contribution in [3.63, 3.8) is 0 Å². The molecule has 0 amide bonds. The molecule has 0 atom stereocenters. The molecule has 0 unspecified atom stereocenters. The van der Waals surface area contributed by atoms with Crippen molar-refractivity contribution in [1.29, 1.82) is 5.26 Å². The molecule has 1 aromatic heterocycles. The molecule has 0 saturated heterocycles. The molecule has 0 N–H and O–H groups in total. The highest BCUT2D eigenvalue weighted by Gasteiger charge is 2.03. The minimum Gasteiger partial charge on any atom is -0.455 e. The van der Waals surface area contributed by atoms with Crippen molar-refractivity contribution in [1.82, 2.24) is 4.98 Å². The lowest BCUT2D eigenvalue weighted by Crippen LogP contribution is -1.91. The van der Waals surface area contributed by atoms with Gasteiger partial charge < -0.3 is 4.74 Å². The normalized spacial score (nSPS) is 9.71. The molecule has 0 bridgehead atoms. The Morgan fingerprint density at radius 3 is 2.71 bits per heavy atom. The van der Waals surface area contributed by atoms with Crippen molar-refractivity contribution in [2.45, 2.75) is 13.8 Å². The Morgan fingerprint density at radius 2 is 2.06 bits per heavy atom. The Bertz CT molecular complexity index is 585. The quantitative estimate of drug-likeness (QED) is 0.785. The fourth-order valence-corrected chi connectivity index (χ4v) is 1.53. The highest BCUT2D eigenvalue weighted by Crippen LogP contribution is 2.25. The zero-order chi connectivity index (χ0) is 12.3. The van der Waals surface area contributed by atoms with Crippen LogP contribution in [0.25, 0.3) is 0 Å². The first-order chi connectivity index (χ1) is 8.20. The highest BCUT2D eigenvalue weighted by molar-refractivity contribution is 5.43. The summed E-state index contributed by atoms with van der Waals surface area (Å²) in [5.74, 6) is 1.45. The van der Waals surface area contributed by atoms with Crippen LogP contribution in [0.3, 0.4) is 0 Å². The number of benzene rings is 1. The molecular formula is C14H12N2O. The fourth-order valence-electron chi connectivity index (χ4n) is 1.53. The SMILES string of the molecule is Cc1cc(Oc2cccnc2C)ccc1C#N. The maximum absolute atomic E-state index is 8.84. The van der Waals surface area contributed by atoms with Crippen molar-refractivity contribution in [2.24, 2.45) is 0 Å². The van der Waals surface area contributed by atoms with Crippen LogP contribution in [0.2, 0.25) is 0 Å². The number of nitrogens with zero attached hydrogens (tertiary/aromatic N) is 2. The van der Waals surface area contributed by atoms with E-state index in [0.717, 1.165) is 22.8 Å². The van der Waals surface area contributed by atoms with Gasteiger partial charge in [-0.1, -0.05) is 0 Å². The summed E-state index contributed by atoms with van der Waals surface area (Å²) in [6, 6.07) is 11.2. The Kier molecular flexibility index (Phi) is 3.06. The van der Waals surface area contributed by atoms with E-state index in [4.69, 9.17) is 10.00 Å². The van der Waals surface area contributed by atoms with Gasteiger partial charge in [0, 0.05) is 6.20 Å². The molecule has 0 saturated carbocycles. The van der Waals surface area contributed by atoms with Crippen LogP contribution in [0.4, 0.5) is 0 Å². The summed E-state index contributed by atoms with van der Waals surface area (Å²) in [5, 5.41) is 8.84. The van der Waals surface area contributed by atoms with Crippen molar-refractivity contribution in [3.05, 3.63) is 53.3 Å². The molecule has 2 aromatic rings. The van der Waals surface area contributed by atoms with Crippen molar-refractivity contribution < 1.29 is 4.74 Å². The molecule has 0 radical (unpaired) electrons. The predicted molar refractivity (Wildman–Crippen MR) is 64.9 cm³/mol. The molecule has 0 spiro atoms. The van der Waals surface area contributed by atoms with E-state index in [1.54, 1.807) is 18.3 Å². The van der Waals surface area contributed by atoms with E-state index in [2.05, 4.69) is 11.1 Å². The number of aryl methyl sites for hydroxylation is 2. The Labute approximate surface area is 100 Å². The molecule has 0 fully saturated rings. The van der Waals surface area contributed by atoms with Gasteiger partial charge in [-0.15, -0.1) is 0 Å². The van der Waals surface area contributed by atoms with Gasteiger partial charge >= 0.3 is 0 Å². The molecule has 17 heavy (non-hydrogen) atoms. The number of hydrogen-bond acceptors (Lipinski definition) is 3. The second kappa shape index (κ2) is 4.67. The molecule has 0 aliphatic heterocycles. The Balaban J connectivity index is 2.29. The minimum absolute atomic E-state index is 0.667. The van der Waals surface area contributed by atoms with Crippen LogP contribution in [0.15, 0.2) is 36.5 Å². The van der Waals surface area contributed by atoms with E-state index in [1.807, 2.05) is 32.0 Å². The lowest BCUT2D eigenvalue weighted by atomic mass is 10.1. The van der Waals surface area contributed by atoms with Crippen LogP contribution in [-0.4, -0.2) is 4.98 Å². The molecule has 84 valence electrons. The van der Waals surface area contributed by atoms with E-state index in [9.17, 15) is 0 Å². The highest BCUT2D eigenvalue weighted by atomic mass is 16.5. The van der Waals surface area contributed by atoms with E-state index < -0.39 is 0 Å². The summed E-state index contributed by atoms with van der Waals surface area (Å²) in [6.07, 6.45) is 1.73. The maximum atomic E-state index is 8.84. The predicted octanol–water partition coefficient (Wildman–Crippen LogP) is 3.36. The molecule has 0 aliphatic carbocycles. The van der Waals surface area contributed by atoms with Gasteiger partial charge in [-0.2, -0.15) is 5.26 Å². The van der Waals surface area contributed by atoms with Gasteiger partial charge in [0.2, 0.25) is 0 Å². The molecule has 3 heteroatoms. The zero-order valence-electron chi connectivity index (χ0n) is 9.77. The average Bonchev–Trinajstić information content (AvgIpc) is 2.32. The summed E-state index contributed by atoms with van der Waals surface area (Å²) in [6.45, 7) is 3.79.